The normalized spacial score (nSPS) is 10.3. The van der Waals surface area contributed by atoms with E-state index in [1.165, 1.54) is 12.1 Å². The van der Waals surface area contributed by atoms with Crippen molar-refractivity contribution in [3.8, 4) is 11.5 Å². The van der Waals surface area contributed by atoms with Crippen LogP contribution in [-0.2, 0) is 11.3 Å². The van der Waals surface area contributed by atoms with Gasteiger partial charge in [-0.2, -0.15) is 0 Å². The van der Waals surface area contributed by atoms with Gasteiger partial charge in [-0.05, 0) is 29.8 Å². The monoisotopic (exact) mass is 292 g/mol. The number of rotatable bonds is 5. The van der Waals surface area contributed by atoms with E-state index in [2.05, 4.69) is 0 Å². The molecule has 2 rings (SSSR count). The maximum absolute atomic E-state index is 10.9. The van der Waals surface area contributed by atoms with Gasteiger partial charge in [0.1, 0.15) is 11.5 Å². The van der Waals surface area contributed by atoms with Crippen molar-refractivity contribution in [1.29, 1.82) is 0 Å². The summed E-state index contributed by atoms with van der Waals surface area (Å²) in [6, 6.07) is 11.9. The molecule has 0 aromatic heterocycles. The van der Waals surface area contributed by atoms with Crippen molar-refractivity contribution in [2.45, 2.75) is 6.61 Å². The molecule has 0 fully saturated rings. The molecule has 0 heterocycles. The number of carboxylic acids is 1. The van der Waals surface area contributed by atoms with E-state index < -0.39 is 5.97 Å². The molecular weight excluding hydrogens is 280 g/mol. The fraction of sp³-hybridized carbons (Fsp3) is 0.133. The fourth-order valence-electron chi connectivity index (χ4n) is 1.73. The number of ether oxygens (including phenoxy) is 2. The molecule has 0 unspecified atom stereocenters. The van der Waals surface area contributed by atoms with Crippen molar-refractivity contribution in [2.75, 3.05) is 7.11 Å². The van der Waals surface area contributed by atoms with Crippen molar-refractivity contribution in [2.24, 2.45) is 0 Å². The molecule has 5 heteroatoms. The third-order valence-corrected chi connectivity index (χ3v) is 2.93. The van der Waals surface area contributed by atoms with Crippen LogP contribution < -0.4 is 4.74 Å². The molecule has 0 aliphatic heterocycles. The van der Waals surface area contributed by atoms with Crippen molar-refractivity contribution in [3.05, 3.63) is 58.6 Å². The van der Waals surface area contributed by atoms with Crippen LogP contribution in [0, 0.1) is 0 Å². The van der Waals surface area contributed by atoms with Crippen LogP contribution in [0.1, 0.15) is 15.9 Å². The quantitative estimate of drug-likeness (QED) is 0.905. The number of aromatic carboxylic acids is 1. The van der Waals surface area contributed by atoms with Crippen LogP contribution in [0.15, 0.2) is 42.5 Å². The summed E-state index contributed by atoms with van der Waals surface area (Å²) < 4.78 is 10.7. The minimum Gasteiger partial charge on any atom is -0.478 e. The Bertz CT molecular complexity index is 625. The van der Waals surface area contributed by atoms with E-state index in [9.17, 15) is 4.79 Å². The van der Waals surface area contributed by atoms with Gasteiger partial charge in [-0.3, -0.25) is 0 Å². The molecule has 0 spiro atoms. The highest BCUT2D eigenvalue weighted by atomic mass is 35.5. The van der Waals surface area contributed by atoms with Crippen molar-refractivity contribution in [3.63, 3.8) is 0 Å². The highest BCUT2D eigenvalue weighted by Crippen LogP contribution is 2.27. The standard InChI is InChI=1S/C15H13ClO4/c1-19-9-10-3-2-4-11(7-10)20-12-5-6-13(15(17)18)14(16)8-12/h2-8H,9H2,1H3,(H,17,18). The third kappa shape index (κ3) is 3.50. The number of hydrogen-bond donors (Lipinski definition) is 1. The zero-order valence-electron chi connectivity index (χ0n) is 10.8. The topological polar surface area (TPSA) is 55.8 Å². The average molecular weight is 293 g/mol. The van der Waals surface area contributed by atoms with Crippen molar-refractivity contribution < 1.29 is 19.4 Å². The van der Waals surface area contributed by atoms with Crippen LogP contribution in [0.5, 0.6) is 11.5 Å². The smallest absolute Gasteiger partial charge is 0.337 e. The van der Waals surface area contributed by atoms with Gasteiger partial charge in [-0.1, -0.05) is 23.7 Å². The predicted molar refractivity (Wildman–Crippen MR) is 75.6 cm³/mol. The summed E-state index contributed by atoms with van der Waals surface area (Å²) in [5.41, 5.74) is 1.03. The Morgan fingerprint density at radius 2 is 1.95 bits per heavy atom. The van der Waals surface area contributed by atoms with E-state index >= 15 is 0 Å². The Labute approximate surface area is 121 Å². The van der Waals surface area contributed by atoms with E-state index in [-0.39, 0.29) is 10.6 Å². The van der Waals surface area contributed by atoms with Gasteiger partial charge in [0.25, 0.3) is 0 Å². The lowest BCUT2D eigenvalue weighted by atomic mass is 10.2. The van der Waals surface area contributed by atoms with E-state index in [1.807, 2.05) is 18.2 Å². The summed E-state index contributed by atoms with van der Waals surface area (Å²) in [6.07, 6.45) is 0. The molecule has 0 bridgehead atoms. The lowest BCUT2D eigenvalue weighted by molar-refractivity contribution is 0.0697. The highest BCUT2D eigenvalue weighted by molar-refractivity contribution is 6.33. The first kappa shape index (κ1) is 14.4. The summed E-state index contributed by atoms with van der Waals surface area (Å²) in [5, 5.41) is 9.04. The van der Waals surface area contributed by atoms with Gasteiger partial charge in [0.2, 0.25) is 0 Å². The van der Waals surface area contributed by atoms with E-state index in [1.54, 1.807) is 19.2 Å². The van der Waals surface area contributed by atoms with Crippen LogP contribution >= 0.6 is 11.6 Å². The van der Waals surface area contributed by atoms with Gasteiger partial charge < -0.3 is 14.6 Å². The van der Waals surface area contributed by atoms with Gasteiger partial charge in [0, 0.05) is 13.2 Å². The molecule has 0 atom stereocenters. The number of benzene rings is 2. The SMILES string of the molecule is COCc1cccc(Oc2ccc(C(=O)O)c(Cl)c2)c1. The molecule has 0 aliphatic carbocycles. The molecule has 0 amide bonds. The summed E-state index contributed by atoms with van der Waals surface area (Å²) in [4.78, 5) is 10.9. The molecule has 0 aliphatic rings. The van der Waals surface area contributed by atoms with E-state index in [0.717, 1.165) is 5.56 Å². The number of carboxylic acid groups (broad SMARTS) is 1. The maximum Gasteiger partial charge on any atom is 0.337 e. The second kappa shape index (κ2) is 6.41. The highest BCUT2D eigenvalue weighted by Gasteiger charge is 2.09. The van der Waals surface area contributed by atoms with Crippen LogP contribution in [0.2, 0.25) is 5.02 Å². The van der Waals surface area contributed by atoms with E-state index in [0.29, 0.717) is 18.1 Å². The van der Waals surface area contributed by atoms with Gasteiger partial charge in [0.05, 0.1) is 17.2 Å². The number of methoxy groups -OCH3 is 1. The summed E-state index contributed by atoms with van der Waals surface area (Å²) in [6.45, 7) is 0.496. The molecule has 4 nitrogen and oxygen atoms in total. The fourth-order valence-corrected chi connectivity index (χ4v) is 1.99. The first-order chi connectivity index (χ1) is 9.60. The Morgan fingerprint density at radius 3 is 2.60 bits per heavy atom. The predicted octanol–water partition coefficient (Wildman–Crippen LogP) is 3.98. The summed E-state index contributed by atoms with van der Waals surface area (Å²) in [7, 11) is 1.62. The molecule has 2 aromatic rings. The zero-order chi connectivity index (χ0) is 14.5. The van der Waals surface area contributed by atoms with Crippen LogP contribution in [0.3, 0.4) is 0 Å². The molecule has 0 radical (unpaired) electrons. The lowest BCUT2D eigenvalue weighted by Crippen LogP contribution is -1.97. The Hall–Kier alpha value is -2.04. The second-order valence-corrected chi connectivity index (χ2v) is 4.54. The van der Waals surface area contributed by atoms with Crippen LogP contribution in [0.4, 0.5) is 0 Å². The third-order valence-electron chi connectivity index (χ3n) is 2.62. The number of carbonyl (C=O) groups is 1. The van der Waals surface area contributed by atoms with Crippen molar-refractivity contribution in [1.82, 2.24) is 0 Å². The van der Waals surface area contributed by atoms with Crippen molar-refractivity contribution >= 4 is 17.6 Å². The first-order valence-electron chi connectivity index (χ1n) is 5.88. The summed E-state index contributed by atoms with van der Waals surface area (Å²) in [5.74, 6) is 0.0527. The Kier molecular flexibility index (Phi) is 4.61. The van der Waals surface area contributed by atoms with Crippen LogP contribution in [0.25, 0.3) is 0 Å². The van der Waals surface area contributed by atoms with Gasteiger partial charge >= 0.3 is 5.97 Å². The minimum absolute atomic E-state index is 0.0483. The molecule has 2 aromatic carbocycles. The zero-order valence-corrected chi connectivity index (χ0v) is 11.6. The van der Waals surface area contributed by atoms with Crippen LogP contribution in [-0.4, -0.2) is 18.2 Å². The Balaban J connectivity index is 2.19. The first-order valence-corrected chi connectivity index (χ1v) is 6.26. The molecular formula is C15H13ClO4. The molecule has 1 N–H and O–H groups in total. The number of halogens is 1. The largest absolute Gasteiger partial charge is 0.478 e. The molecule has 0 saturated carbocycles. The Morgan fingerprint density at radius 1 is 1.20 bits per heavy atom. The minimum atomic E-state index is -1.07. The van der Waals surface area contributed by atoms with Gasteiger partial charge in [-0.25, -0.2) is 4.79 Å². The van der Waals surface area contributed by atoms with Gasteiger partial charge in [0.15, 0.2) is 0 Å². The molecule has 104 valence electrons. The van der Waals surface area contributed by atoms with E-state index in [4.69, 9.17) is 26.2 Å². The molecule has 0 saturated heterocycles. The average Bonchev–Trinajstić information content (AvgIpc) is 2.39. The lowest BCUT2D eigenvalue weighted by Gasteiger charge is -2.08. The summed E-state index contributed by atoms with van der Waals surface area (Å²) >= 11 is 5.89. The second-order valence-electron chi connectivity index (χ2n) is 4.13. The molecule has 20 heavy (non-hydrogen) atoms. The number of hydrogen-bond acceptors (Lipinski definition) is 3. The maximum atomic E-state index is 10.9. The van der Waals surface area contributed by atoms with Gasteiger partial charge in [-0.15, -0.1) is 0 Å².